The molecule has 0 spiro atoms. The van der Waals surface area contributed by atoms with Crippen LogP contribution in [0, 0.1) is 5.92 Å². The van der Waals surface area contributed by atoms with Crippen molar-refractivity contribution in [2.75, 3.05) is 12.0 Å². The molecule has 1 rings (SSSR count). The van der Waals surface area contributed by atoms with Gasteiger partial charge in [-0.1, -0.05) is 25.7 Å². The van der Waals surface area contributed by atoms with E-state index >= 15 is 0 Å². The van der Waals surface area contributed by atoms with Crippen molar-refractivity contribution in [1.29, 1.82) is 0 Å². The van der Waals surface area contributed by atoms with E-state index < -0.39 is 12.0 Å². The zero-order valence-electron chi connectivity index (χ0n) is 11.0. The monoisotopic (exact) mass is 273 g/mol. The molecule has 0 unspecified atom stereocenters. The smallest absolute Gasteiger partial charge is 0.326 e. The number of carboxylic acids is 1. The van der Waals surface area contributed by atoms with Crippen molar-refractivity contribution in [2.24, 2.45) is 5.92 Å². The maximum absolute atomic E-state index is 12.0. The Bertz CT molecular complexity index is 275. The zero-order chi connectivity index (χ0) is 13.4. The Morgan fingerprint density at radius 3 is 2.39 bits per heavy atom. The second-order valence-electron chi connectivity index (χ2n) is 4.87. The fraction of sp³-hybridized carbons (Fsp3) is 0.846. The molecule has 1 fully saturated rings. The summed E-state index contributed by atoms with van der Waals surface area (Å²) in [5, 5.41) is 11.8. The number of hydrogen-bond donors (Lipinski definition) is 2. The number of aliphatic carboxylic acids is 1. The predicted molar refractivity (Wildman–Crippen MR) is 73.8 cm³/mol. The number of amides is 1. The molecule has 1 aliphatic carbocycles. The highest BCUT2D eigenvalue weighted by atomic mass is 32.2. The maximum atomic E-state index is 12.0. The zero-order valence-corrected chi connectivity index (χ0v) is 11.8. The topological polar surface area (TPSA) is 66.4 Å². The first-order valence-corrected chi connectivity index (χ1v) is 8.06. The lowest BCUT2D eigenvalue weighted by Crippen LogP contribution is -2.43. The molecule has 0 aliphatic heterocycles. The van der Waals surface area contributed by atoms with Crippen molar-refractivity contribution in [3.05, 3.63) is 0 Å². The van der Waals surface area contributed by atoms with Crippen LogP contribution < -0.4 is 5.32 Å². The number of carbonyl (C=O) groups is 2. The first-order valence-electron chi connectivity index (χ1n) is 6.67. The van der Waals surface area contributed by atoms with Crippen LogP contribution in [0.25, 0.3) is 0 Å². The molecule has 1 atom stereocenters. The van der Waals surface area contributed by atoms with Gasteiger partial charge in [-0.05, 0) is 31.3 Å². The molecular weight excluding hydrogens is 250 g/mol. The van der Waals surface area contributed by atoms with Gasteiger partial charge in [0.2, 0.25) is 5.91 Å². The largest absolute Gasteiger partial charge is 0.480 e. The van der Waals surface area contributed by atoms with E-state index in [-0.39, 0.29) is 11.8 Å². The van der Waals surface area contributed by atoms with Gasteiger partial charge in [0.05, 0.1) is 0 Å². The van der Waals surface area contributed by atoms with Gasteiger partial charge in [0.15, 0.2) is 0 Å². The molecule has 1 saturated carbocycles. The van der Waals surface area contributed by atoms with E-state index in [0.717, 1.165) is 31.4 Å². The van der Waals surface area contributed by atoms with Gasteiger partial charge >= 0.3 is 5.97 Å². The molecule has 104 valence electrons. The summed E-state index contributed by atoms with van der Waals surface area (Å²) < 4.78 is 0. The summed E-state index contributed by atoms with van der Waals surface area (Å²) in [6, 6.07) is -0.729. The Morgan fingerprint density at radius 1 is 1.28 bits per heavy atom. The second-order valence-corrected chi connectivity index (χ2v) is 5.85. The molecule has 0 radical (unpaired) electrons. The van der Waals surface area contributed by atoms with Crippen LogP contribution in [0.15, 0.2) is 0 Å². The number of carbonyl (C=O) groups excluding carboxylic acids is 1. The van der Waals surface area contributed by atoms with Crippen LogP contribution in [0.3, 0.4) is 0 Å². The Kier molecular flexibility index (Phi) is 7.16. The Labute approximate surface area is 113 Å². The van der Waals surface area contributed by atoms with E-state index in [0.29, 0.717) is 6.42 Å². The lowest BCUT2D eigenvalue weighted by atomic mass is 9.99. The first-order chi connectivity index (χ1) is 8.65. The lowest BCUT2D eigenvalue weighted by Gasteiger charge is -2.18. The predicted octanol–water partition coefficient (Wildman–Crippen LogP) is 2.28. The normalized spacial score (nSPS) is 18.9. The number of rotatable bonds is 6. The average molecular weight is 273 g/mol. The summed E-state index contributed by atoms with van der Waals surface area (Å²) in [6.07, 6.45) is 8.79. The van der Waals surface area contributed by atoms with Crippen molar-refractivity contribution in [2.45, 2.75) is 51.0 Å². The SMILES string of the molecule is CSCC[C@H](NC(=O)C1CCCCCC1)C(=O)O. The highest BCUT2D eigenvalue weighted by Crippen LogP contribution is 2.23. The van der Waals surface area contributed by atoms with Gasteiger partial charge in [0.25, 0.3) is 0 Å². The van der Waals surface area contributed by atoms with Gasteiger partial charge in [-0.3, -0.25) is 4.79 Å². The summed E-state index contributed by atoms with van der Waals surface area (Å²) >= 11 is 1.60. The third-order valence-electron chi connectivity index (χ3n) is 3.45. The molecule has 5 heteroatoms. The van der Waals surface area contributed by atoms with Crippen LogP contribution in [0.2, 0.25) is 0 Å². The molecule has 0 bridgehead atoms. The summed E-state index contributed by atoms with van der Waals surface area (Å²) in [7, 11) is 0. The van der Waals surface area contributed by atoms with E-state index in [2.05, 4.69) is 5.32 Å². The van der Waals surface area contributed by atoms with Crippen molar-refractivity contribution in [1.82, 2.24) is 5.32 Å². The molecule has 4 nitrogen and oxygen atoms in total. The van der Waals surface area contributed by atoms with Gasteiger partial charge in [0.1, 0.15) is 6.04 Å². The maximum Gasteiger partial charge on any atom is 0.326 e. The molecule has 0 heterocycles. The fourth-order valence-corrected chi connectivity index (χ4v) is 2.80. The van der Waals surface area contributed by atoms with Crippen LogP contribution in [-0.2, 0) is 9.59 Å². The summed E-state index contributed by atoms with van der Waals surface area (Å²) in [5.74, 6) is -0.220. The molecule has 0 aromatic heterocycles. The van der Waals surface area contributed by atoms with E-state index in [9.17, 15) is 9.59 Å². The van der Waals surface area contributed by atoms with Crippen LogP contribution in [0.5, 0.6) is 0 Å². The van der Waals surface area contributed by atoms with Crippen LogP contribution in [0.1, 0.15) is 44.9 Å². The number of hydrogen-bond acceptors (Lipinski definition) is 3. The molecular formula is C13H23NO3S. The summed E-state index contributed by atoms with van der Waals surface area (Å²) in [4.78, 5) is 23.1. The summed E-state index contributed by atoms with van der Waals surface area (Å²) in [6.45, 7) is 0. The third-order valence-corrected chi connectivity index (χ3v) is 4.10. The molecule has 1 aliphatic rings. The Balaban J connectivity index is 2.45. The van der Waals surface area contributed by atoms with E-state index in [4.69, 9.17) is 5.11 Å². The van der Waals surface area contributed by atoms with Crippen molar-refractivity contribution < 1.29 is 14.7 Å². The fourth-order valence-electron chi connectivity index (χ4n) is 2.32. The summed E-state index contributed by atoms with van der Waals surface area (Å²) in [5.41, 5.74) is 0. The van der Waals surface area contributed by atoms with E-state index in [1.54, 1.807) is 11.8 Å². The molecule has 0 aromatic rings. The average Bonchev–Trinajstić information content (AvgIpc) is 2.62. The molecule has 0 aromatic carbocycles. The van der Waals surface area contributed by atoms with Gasteiger partial charge in [0, 0.05) is 5.92 Å². The van der Waals surface area contributed by atoms with Crippen LogP contribution in [0.4, 0.5) is 0 Å². The lowest BCUT2D eigenvalue weighted by molar-refractivity contribution is -0.142. The first kappa shape index (κ1) is 15.3. The second kappa shape index (κ2) is 8.40. The number of thioether (sulfide) groups is 1. The Hall–Kier alpha value is -0.710. The minimum absolute atomic E-state index is 0.0172. The molecule has 0 saturated heterocycles. The highest BCUT2D eigenvalue weighted by Gasteiger charge is 2.25. The molecule has 18 heavy (non-hydrogen) atoms. The van der Waals surface area contributed by atoms with Gasteiger partial charge in [-0.2, -0.15) is 11.8 Å². The molecule has 2 N–H and O–H groups in total. The van der Waals surface area contributed by atoms with Gasteiger partial charge in [-0.15, -0.1) is 0 Å². The van der Waals surface area contributed by atoms with Crippen molar-refractivity contribution in [3.8, 4) is 0 Å². The minimum atomic E-state index is -0.925. The van der Waals surface area contributed by atoms with Crippen LogP contribution >= 0.6 is 11.8 Å². The van der Waals surface area contributed by atoms with Crippen molar-refractivity contribution in [3.63, 3.8) is 0 Å². The number of carboxylic acid groups (broad SMARTS) is 1. The quantitative estimate of drug-likeness (QED) is 0.729. The van der Waals surface area contributed by atoms with Crippen LogP contribution in [-0.4, -0.2) is 35.0 Å². The minimum Gasteiger partial charge on any atom is -0.480 e. The highest BCUT2D eigenvalue weighted by molar-refractivity contribution is 7.98. The molecule has 1 amide bonds. The van der Waals surface area contributed by atoms with E-state index in [1.807, 2.05) is 6.26 Å². The number of nitrogens with one attached hydrogen (secondary N) is 1. The standard InChI is InChI=1S/C13H23NO3S/c1-18-9-8-11(13(16)17)14-12(15)10-6-4-2-3-5-7-10/h10-11H,2-9H2,1H3,(H,14,15)(H,16,17)/t11-/m0/s1. The van der Waals surface area contributed by atoms with E-state index in [1.165, 1.54) is 12.8 Å². The third kappa shape index (κ3) is 5.29. The van der Waals surface area contributed by atoms with Gasteiger partial charge < -0.3 is 10.4 Å². The van der Waals surface area contributed by atoms with Gasteiger partial charge in [-0.25, -0.2) is 4.79 Å². The Morgan fingerprint density at radius 2 is 1.89 bits per heavy atom. The van der Waals surface area contributed by atoms with Crippen molar-refractivity contribution >= 4 is 23.6 Å².